The van der Waals surface area contributed by atoms with Gasteiger partial charge in [-0.15, -0.1) is 0 Å². The van der Waals surface area contributed by atoms with Gasteiger partial charge in [-0.2, -0.15) is 10.2 Å². The van der Waals surface area contributed by atoms with Crippen LogP contribution in [0.15, 0.2) is 63.7 Å². The molecule has 7 heteroatoms. The molecule has 0 atom stereocenters. The van der Waals surface area contributed by atoms with Crippen LogP contribution < -0.4 is 10.4 Å². The van der Waals surface area contributed by atoms with Crippen molar-refractivity contribution in [3.63, 3.8) is 0 Å². The van der Waals surface area contributed by atoms with Gasteiger partial charge < -0.3 is 10.0 Å². The zero-order chi connectivity index (χ0) is 18.2. The van der Waals surface area contributed by atoms with E-state index in [2.05, 4.69) is 15.2 Å². The van der Waals surface area contributed by atoms with Crippen LogP contribution >= 0.6 is 0 Å². The molecule has 0 saturated carbocycles. The lowest BCUT2D eigenvalue weighted by atomic mass is 10.2. The van der Waals surface area contributed by atoms with Crippen molar-refractivity contribution in [2.45, 2.75) is 6.92 Å². The second kappa shape index (κ2) is 8.60. The fraction of sp³-hybridized carbons (Fsp3) is 0.167. The van der Waals surface area contributed by atoms with Gasteiger partial charge in [-0.1, -0.05) is 12.1 Å². The first-order chi connectivity index (χ1) is 12.0. The number of nitrogens with one attached hydrogen (secondary N) is 1. The third-order valence-electron chi connectivity index (χ3n) is 3.40. The van der Waals surface area contributed by atoms with E-state index in [1.165, 1.54) is 6.21 Å². The van der Waals surface area contributed by atoms with E-state index in [0.717, 1.165) is 5.69 Å². The van der Waals surface area contributed by atoms with Gasteiger partial charge in [0.25, 0.3) is 0 Å². The number of hydroxylamine groups is 1. The van der Waals surface area contributed by atoms with E-state index in [-0.39, 0.29) is 11.6 Å². The number of phenolic OH excluding ortho intramolecular Hbond substituents is 1. The number of aliphatic imine (C=N–C) groups is 1. The third-order valence-corrected chi connectivity index (χ3v) is 3.40. The topological polar surface area (TPSA) is 92.8 Å². The van der Waals surface area contributed by atoms with Crippen LogP contribution in [0.5, 0.6) is 5.75 Å². The van der Waals surface area contributed by atoms with Crippen molar-refractivity contribution in [3.8, 4) is 5.75 Å². The summed E-state index contributed by atoms with van der Waals surface area (Å²) in [6.45, 7) is 1.67. The minimum atomic E-state index is 0.120. The van der Waals surface area contributed by atoms with Gasteiger partial charge in [0.05, 0.1) is 11.9 Å². The first kappa shape index (κ1) is 18.2. The summed E-state index contributed by atoms with van der Waals surface area (Å²) in [4.78, 5) is 6.29. The predicted octanol–water partition coefficient (Wildman–Crippen LogP) is 2.96. The minimum absolute atomic E-state index is 0.120. The molecule has 0 aliphatic heterocycles. The van der Waals surface area contributed by atoms with Gasteiger partial charge in [0.2, 0.25) is 0 Å². The van der Waals surface area contributed by atoms with Gasteiger partial charge in [-0.05, 0) is 43.3 Å². The quantitative estimate of drug-likeness (QED) is 0.443. The summed E-state index contributed by atoms with van der Waals surface area (Å²) >= 11 is 0. The average Bonchev–Trinajstić information content (AvgIpc) is 2.61. The Balaban J connectivity index is 2.16. The lowest BCUT2D eigenvalue weighted by molar-refractivity contribution is 0.236. The van der Waals surface area contributed by atoms with E-state index in [9.17, 15) is 10.3 Å². The molecule has 2 rings (SSSR count). The molecule has 0 fully saturated rings. The molecule has 130 valence electrons. The highest BCUT2D eigenvalue weighted by atomic mass is 16.5. The van der Waals surface area contributed by atoms with Gasteiger partial charge in [0.1, 0.15) is 11.5 Å². The summed E-state index contributed by atoms with van der Waals surface area (Å²) in [7, 11) is 3.91. The first-order valence-corrected chi connectivity index (χ1v) is 7.63. The number of amidine groups is 1. The molecular formula is C18H21N5O2. The lowest BCUT2D eigenvalue weighted by Crippen LogP contribution is -2.26. The van der Waals surface area contributed by atoms with Gasteiger partial charge in [0, 0.05) is 25.3 Å². The van der Waals surface area contributed by atoms with E-state index in [4.69, 9.17) is 0 Å². The van der Waals surface area contributed by atoms with Crippen LogP contribution in [0.2, 0.25) is 0 Å². The van der Waals surface area contributed by atoms with Crippen LogP contribution in [0.1, 0.15) is 12.5 Å². The van der Waals surface area contributed by atoms with Crippen molar-refractivity contribution in [1.82, 2.24) is 5.48 Å². The molecule has 0 amide bonds. The maximum atomic E-state index is 9.67. The van der Waals surface area contributed by atoms with E-state index in [1.807, 2.05) is 48.7 Å². The van der Waals surface area contributed by atoms with Gasteiger partial charge in [-0.3, -0.25) is 10.7 Å². The fourth-order valence-electron chi connectivity index (χ4n) is 1.96. The molecule has 0 spiro atoms. The van der Waals surface area contributed by atoms with E-state index < -0.39 is 0 Å². The number of aromatic hydroxyl groups is 1. The molecule has 2 aromatic carbocycles. The standard InChI is InChI=1S/C18H21N5O2/c1-13(21-19-12-14-6-4-5-7-17(14)24)18(22-25)20-15-8-10-16(11-9-15)23(2)3/h4-12,24-25H,1-3H3,(H,20,22)/b19-12+,21-13+. The fourth-order valence-corrected chi connectivity index (χ4v) is 1.96. The van der Waals surface area contributed by atoms with Crippen LogP contribution in [-0.4, -0.2) is 42.2 Å². The molecule has 0 unspecified atom stereocenters. The van der Waals surface area contributed by atoms with Crippen molar-refractivity contribution in [2.24, 2.45) is 15.2 Å². The molecule has 7 nitrogen and oxygen atoms in total. The normalized spacial score (nSPS) is 12.5. The number of anilines is 1. The minimum Gasteiger partial charge on any atom is -0.507 e. The smallest absolute Gasteiger partial charge is 0.173 e. The first-order valence-electron chi connectivity index (χ1n) is 7.63. The number of nitrogens with zero attached hydrogens (tertiary/aromatic N) is 4. The number of rotatable bonds is 5. The Morgan fingerprint density at radius 3 is 2.36 bits per heavy atom. The Labute approximate surface area is 146 Å². The Morgan fingerprint density at radius 1 is 1.08 bits per heavy atom. The van der Waals surface area contributed by atoms with Crippen LogP contribution in [-0.2, 0) is 0 Å². The number of phenols is 1. The van der Waals surface area contributed by atoms with Crippen molar-refractivity contribution < 1.29 is 10.3 Å². The van der Waals surface area contributed by atoms with E-state index in [1.54, 1.807) is 31.2 Å². The highest BCUT2D eigenvalue weighted by Gasteiger charge is 2.04. The molecule has 0 aliphatic rings. The van der Waals surface area contributed by atoms with Crippen molar-refractivity contribution in [1.29, 1.82) is 0 Å². The SMILES string of the molecule is C/C(=N\N=C\c1ccccc1O)C(=Nc1ccc(N(C)C)cc1)NO. The second-order valence-corrected chi connectivity index (χ2v) is 5.47. The lowest BCUT2D eigenvalue weighted by Gasteiger charge is -2.12. The van der Waals surface area contributed by atoms with Crippen molar-refractivity contribution in [3.05, 3.63) is 54.1 Å². The van der Waals surface area contributed by atoms with Gasteiger partial charge >= 0.3 is 0 Å². The molecular weight excluding hydrogens is 318 g/mol. The monoisotopic (exact) mass is 339 g/mol. The number of para-hydroxylation sites is 1. The van der Waals surface area contributed by atoms with E-state index >= 15 is 0 Å². The van der Waals surface area contributed by atoms with Crippen molar-refractivity contribution in [2.75, 3.05) is 19.0 Å². The van der Waals surface area contributed by atoms with Crippen molar-refractivity contribution >= 4 is 29.1 Å². The van der Waals surface area contributed by atoms with Gasteiger partial charge in [-0.25, -0.2) is 4.99 Å². The maximum absolute atomic E-state index is 9.67. The van der Waals surface area contributed by atoms with Crippen LogP contribution in [0.4, 0.5) is 11.4 Å². The Bertz CT molecular complexity index is 795. The molecule has 25 heavy (non-hydrogen) atoms. The number of hydrogen-bond acceptors (Lipinski definition) is 6. The van der Waals surface area contributed by atoms with Gasteiger partial charge in [0.15, 0.2) is 5.84 Å². The molecule has 0 saturated heterocycles. The largest absolute Gasteiger partial charge is 0.507 e. The summed E-state index contributed by atoms with van der Waals surface area (Å²) in [5, 5.41) is 26.9. The third kappa shape index (κ3) is 5.15. The summed E-state index contributed by atoms with van der Waals surface area (Å²) in [6, 6.07) is 14.3. The van der Waals surface area contributed by atoms with E-state index in [0.29, 0.717) is 17.0 Å². The molecule has 0 bridgehead atoms. The summed E-state index contributed by atoms with van der Waals surface area (Å²) in [6.07, 6.45) is 1.43. The molecule has 2 aromatic rings. The Kier molecular flexibility index (Phi) is 6.25. The highest BCUT2D eigenvalue weighted by Crippen LogP contribution is 2.18. The average molecular weight is 339 g/mol. The molecule has 0 aromatic heterocycles. The summed E-state index contributed by atoms with van der Waals surface area (Å²) in [5.74, 6) is 0.307. The zero-order valence-corrected chi connectivity index (χ0v) is 14.4. The maximum Gasteiger partial charge on any atom is 0.173 e. The molecule has 3 N–H and O–H groups in total. The Hall–Kier alpha value is -3.19. The summed E-state index contributed by atoms with van der Waals surface area (Å²) in [5.41, 5.74) is 4.70. The zero-order valence-electron chi connectivity index (χ0n) is 14.4. The molecule has 0 radical (unpaired) electrons. The predicted molar refractivity (Wildman–Crippen MR) is 102 cm³/mol. The van der Waals surface area contributed by atoms with Crippen LogP contribution in [0, 0.1) is 0 Å². The number of hydrogen-bond donors (Lipinski definition) is 3. The summed E-state index contributed by atoms with van der Waals surface area (Å²) < 4.78 is 0. The van der Waals surface area contributed by atoms with Crippen LogP contribution in [0.25, 0.3) is 0 Å². The second-order valence-electron chi connectivity index (χ2n) is 5.47. The highest BCUT2D eigenvalue weighted by molar-refractivity contribution is 6.40. The van der Waals surface area contributed by atoms with Crippen LogP contribution in [0.3, 0.4) is 0 Å². The molecule has 0 aliphatic carbocycles. The Morgan fingerprint density at radius 2 is 1.76 bits per heavy atom. The molecule has 0 heterocycles. The number of benzene rings is 2.